The van der Waals surface area contributed by atoms with E-state index in [0.29, 0.717) is 0 Å². The number of alkyl carbamates (subject to hydrolysis) is 1. The molecule has 0 bridgehead atoms. The van der Waals surface area contributed by atoms with Crippen LogP contribution in [0.2, 0.25) is 0 Å². The third kappa shape index (κ3) is 4.42. The molecule has 0 unspecified atom stereocenters. The molecule has 0 saturated heterocycles. The largest absolute Gasteiger partial charge is 0.449 e. The Morgan fingerprint density at radius 3 is 1.83 bits per heavy atom. The number of carbonyl (C=O) groups excluding carboxylic acids is 2. The van der Waals surface area contributed by atoms with Crippen molar-refractivity contribution in [1.29, 1.82) is 0 Å². The Labute approximate surface area is 194 Å². The standard InChI is InChI=1S/C24H16F5NO5/c25-17-18(26)20(28)22(21(29)19(17)27)35-23(32)16(9-31)30-24(33)34-10-15-13-7-3-1-5-11(13)12-6-2-4-8-14(12)15/h1-8,15-16,31H,9-10H2,(H,30,33)/t16-/m0/s1. The summed E-state index contributed by atoms with van der Waals surface area (Å²) >= 11 is 0. The van der Waals surface area contributed by atoms with E-state index in [0.717, 1.165) is 22.3 Å². The van der Waals surface area contributed by atoms with Crippen molar-refractivity contribution in [2.24, 2.45) is 0 Å². The summed E-state index contributed by atoms with van der Waals surface area (Å²) in [6.07, 6.45) is -1.18. The van der Waals surface area contributed by atoms with Crippen LogP contribution < -0.4 is 10.1 Å². The number of carbonyl (C=O) groups is 2. The van der Waals surface area contributed by atoms with Gasteiger partial charge in [0.25, 0.3) is 0 Å². The van der Waals surface area contributed by atoms with Crippen LogP contribution >= 0.6 is 0 Å². The van der Waals surface area contributed by atoms with Gasteiger partial charge in [-0.2, -0.15) is 8.78 Å². The monoisotopic (exact) mass is 493 g/mol. The van der Waals surface area contributed by atoms with Crippen molar-refractivity contribution in [3.05, 3.63) is 88.7 Å². The molecule has 0 aliphatic heterocycles. The number of amides is 1. The van der Waals surface area contributed by atoms with Gasteiger partial charge in [0.2, 0.25) is 34.8 Å². The van der Waals surface area contributed by atoms with E-state index in [1.807, 2.05) is 53.8 Å². The third-order valence-corrected chi connectivity index (χ3v) is 5.48. The number of fused-ring (bicyclic) bond motifs is 3. The molecule has 0 aromatic heterocycles. The van der Waals surface area contributed by atoms with Crippen LogP contribution in [-0.4, -0.2) is 36.4 Å². The van der Waals surface area contributed by atoms with Crippen LogP contribution in [0.1, 0.15) is 17.0 Å². The number of nitrogens with one attached hydrogen (secondary N) is 1. The zero-order valence-electron chi connectivity index (χ0n) is 17.7. The van der Waals surface area contributed by atoms with Gasteiger partial charge >= 0.3 is 12.1 Å². The predicted octanol–water partition coefficient (Wildman–Crippen LogP) is 4.19. The highest BCUT2D eigenvalue weighted by Crippen LogP contribution is 2.44. The van der Waals surface area contributed by atoms with Gasteiger partial charge in [0.1, 0.15) is 6.61 Å². The summed E-state index contributed by atoms with van der Waals surface area (Å²) in [6, 6.07) is 13.1. The topological polar surface area (TPSA) is 84.9 Å². The van der Waals surface area contributed by atoms with Crippen LogP contribution in [0.15, 0.2) is 48.5 Å². The average Bonchev–Trinajstić information content (AvgIpc) is 3.19. The van der Waals surface area contributed by atoms with Crippen LogP contribution in [0.3, 0.4) is 0 Å². The molecule has 11 heteroatoms. The van der Waals surface area contributed by atoms with Crippen molar-refractivity contribution in [3.63, 3.8) is 0 Å². The second-order valence-electron chi connectivity index (χ2n) is 7.53. The number of aliphatic hydroxyl groups excluding tert-OH is 1. The fraction of sp³-hybridized carbons (Fsp3) is 0.167. The van der Waals surface area contributed by atoms with Gasteiger partial charge in [-0.3, -0.25) is 0 Å². The van der Waals surface area contributed by atoms with E-state index in [9.17, 15) is 36.6 Å². The number of benzene rings is 3. The first-order valence-electron chi connectivity index (χ1n) is 10.2. The Bertz CT molecular complexity index is 1240. The minimum absolute atomic E-state index is 0.148. The van der Waals surface area contributed by atoms with Gasteiger partial charge in [-0.15, -0.1) is 0 Å². The van der Waals surface area contributed by atoms with Crippen LogP contribution in [0.5, 0.6) is 5.75 Å². The van der Waals surface area contributed by atoms with Crippen molar-refractivity contribution in [1.82, 2.24) is 5.32 Å². The summed E-state index contributed by atoms with van der Waals surface area (Å²) in [5.74, 6) is -15.7. The summed E-state index contributed by atoms with van der Waals surface area (Å²) in [6.45, 7) is -1.26. The quantitative estimate of drug-likeness (QED) is 0.177. The minimum Gasteiger partial charge on any atom is -0.449 e. The van der Waals surface area contributed by atoms with Gasteiger partial charge < -0.3 is 19.9 Å². The Kier molecular flexibility index (Phi) is 6.70. The molecule has 0 fully saturated rings. The van der Waals surface area contributed by atoms with E-state index < -0.39 is 59.5 Å². The van der Waals surface area contributed by atoms with Crippen molar-refractivity contribution in [3.8, 4) is 16.9 Å². The molecule has 1 amide bonds. The lowest BCUT2D eigenvalue weighted by molar-refractivity contribution is -0.138. The maximum Gasteiger partial charge on any atom is 0.407 e. The zero-order chi connectivity index (χ0) is 25.3. The molecule has 3 aromatic rings. The maximum absolute atomic E-state index is 13.8. The smallest absolute Gasteiger partial charge is 0.407 e. The average molecular weight is 493 g/mol. The molecule has 6 nitrogen and oxygen atoms in total. The molecule has 0 heterocycles. The molecule has 35 heavy (non-hydrogen) atoms. The minimum atomic E-state index is -2.43. The van der Waals surface area contributed by atoms with E-state index in [1.54, 1.807) is 0 Å². The molecular formula is C24H16F5NO5. The van der Waals surface area contributed by atoms with E-state index in [-0.39, 0.29) is 12.5 Å². The fourth-order valence-electron chi connectivity index (χ4n) is 3.81. The number of ether oxygens (including phenoxy) is 2. The molecule has 4 rings (SSSR count). The van der Waals surface area contributed by atoms with Gasteiger partial charge in [0.15, 0.2) is 6.04 Å². The SMILES string of the molecule is O=C(N[C@@H](CO)C(=O)Oc1c(F)c(F)c(F)c(F)c1F)OCC1c2ccccc2-c2ccccc21. The second kappa shape index (κ2) is 9.71. The Balaban J connectivity index is 1.43. The molecule has 1 aliphatic carbocycles. The van der Waals surface area contributed by atoms with E-state index >= 15 is 0 Å². The van der Waals surface area contributed by atoms with Gasteiger partial charge in [0, 0.05) is 5.92 Å². The Hall–Kier alpha value is -3.99. The summed E-state index contributed by atoms with van der Waals surface area (Å²) < 4.78 is 76.7. The van der Waals surface area contributed by atoms with Gasteiger partial charge in [-0.05, 0) is 22.3 Å². The first-order chi connectivity index (χ1) is 16.7. The first-order valence-corrected chi connectivity index (χ1v) is 10.2. The highest BCUT2D eigenvalue weighted by molar-refractivity contribution is 5.83. The Morgan fingerprint density at radius 1 is 0.829 bits per heavy atom. The zero-order valence-corrected chi connectivity index (χ0v) is 17.7. The summed E-state index contributed by atoms with van der Waals surface area (Å²) in [4.78, 5) is 24.4. The summed E-state index contributed by atoms with van der Waals surface area (Å²) in [7, 11) is 0. The van der Waals surface area contributed by atoms with Crippen LogP contribution in [0.4, 0.5) is 26.7 Å². The number of esters is 1. The van der Waals surface area contributed by atoms with Crippen molar-refractivity contribution < 1.29 is 46.1 Å². The molecule has 0 saturated carbocycles. The molecule has 182 valence electrons. The van der Waals surface area contributed by atoms with Crippen LogP contribution in [0.25, 0.3) is 11.1 Å². The normalized spacial score (nSPS) is 13.1. The van der Waals surface area contributed by atoms with Crippen LogP contribution in [0, 0.1) is 29.1 Å². The lowest BCUT2D eigenvalue weighted by Gasteiger charge is -2.18. The Morgan fingerprint density at radius 2 is 1.31 bits per heavy atom. The molecule has 0 radical (unpaired) electrons. The lowest BCUT2D eigenvalue weighted by Crippen LogP contribution is -2.46. The number of rotatable bonds is 6. The number of halogens is 5. The molecule has 3 aromatic carbocycles. The summed E-state index contributed by atoms with van der Waals surface area (Å²) in [5.41, 5.74) is 3.75. The first kappa shape index (κ1) is 24.1. The van der Waals surface area contributed by atoms with E-state index in [4.69, 9.17) is 4.74 Å². The number of hydrogen-bond acceptors (Lipinski definition) is 5. The van der Waals surface area contributed by atoms with Crippen molar-refractivity contribution in [2.75, 3.05) is 13.2 Å². The molecular weight excluding hydrogens is 477 g/mol. The maximum atomic E-state index is 13.8. The number of aliphatic hydroxyl groups is 1. The van der Waals surface area contributed by atoms with Crippen molar-refractivity contribution in [2.45, 2.75) is 12.0 Å². The van der Waals surface area contributed by atoms with Crippen molar-refractivity contribution >= 4 is 12.1 Å². The van der Waals surface area contributed by atoms with Gasteiger partial charge in [0.05, 0.1) is 6.61 Å². The lowest BCUT2D eigenvalue weighted by atomic mass is 9.98. The highest BCUT2D eigenvalue weighted by atomic mass is 19.2. The molecule has 2 N–H and O–H groups in total. The summed E-state index contributed by atoms with van der Waals surface area (Å²) in [5, 5.41) is 11.3. The van der Waals surface area contributed by atoms with Crippen LogP contribution in [-0.2, 0) is 9.53 Å². The van der Waals surface area contributed by atoms with Gasteiger partial charge in [-0.1, -0.05) is 48.5 Å². The molecule has 1 aliphatic rings. The predicted molar refractivity (Wildman–Crippen MR) is 111 cm³/mol. The fourth-order valence-corrected chi connectivity index (χ4v) is 3.81. The highest BCUT2D eigenvalue weighted by Gasteiger charge is 2.32. The third-order valence-electron chi connectivity index (χ3n) is 5.48. The molecule has 1 atom stereocenters. The van der Waals surface area contributed by atoms with Gasteiger partial charge in [-0.25, -0.2) is 22.8 Å². The van der Waals surface area contributed by atoms with E-state index in [1.165, 1.54) is 0 Å². The number of hydrogen-bond donors (Lipinski definition) is 2. The van der Waals surface area contributed by atoms with E-state index in [2.05, 4.69) is 4.74 Å². The molecule has 0 spiro atoms. The second-order valence-corrected chi connectivity index (χ2v) is 7.53.